The van der Waals surface area contributed by atoms with Gasteiger partial charge in [-0.3, -0.25) is 4.79 Å². The van der Waals surface area contributed by atoms with Gasteiger partial charge in [-0.1, -0.05) is 42.5 Å². The van der Waals surface area contributed by atoms with Gasteiger partial charge in [0.05, 0.1) is 11.3 Å². The minimum Gasteiger partial charge on any atom is -0.367 e. The Bertz CT molecular complexity index is 1030. The van der Waals surface area contributed by atoms with Crippen molar-refractivity contribution in [1.82, 2.24) is 0 Å². The van der Waals surface area contributed by atoms with Crippen molar-refractivity contribution in [2.24, 2.45) is 0 Å². The third-order valence-corrected chi connectivity index (χ3v) is 5.05. The zero-order chi connectivity index (χ0) is 20.4. The molecule has 3 aromatic carbocycles. The summed E-state index contributed by atoms with van der Waals surface area (Å²) in [5.74, 6) is -0.570. The van der Waals surface area contributed by atoms with E-state index in [1.807, 2.05) is 24.3 Å². The monoisotopic (exact) mass is 396 g/mol. The number of hydrogen-bond donors (Lipinski definition) is 1. The van der Waals surface area contributed by atoms with Crippen LogP contribution in [0.5, 0.6) is 0 Å². The van der Waals surface area contributed by atoms with Crippen LogP contribution in [0.15, 0.2) is 72.8 Å². The third kappa shape index (κ3) is 4.11. The SMILES string of the molecule is O=C(Nc1ccccc1C(F)(F)F)c1ccc(CN2CCc3ccccc32)cc1. The number of anilines is 2. The quantitative estimate of drug-likeness (QED) is 0.630. The van der Waals surface area contributed by atoms with Crippen molar-refractivity contribution in [2.45, 2.75) is 19.1 Å². The van der Waals surface area contributed by atoms with E-state index in [4.69, 9.17) is 0 Å². The van der Waals surface area contributed by atoms with Crippen molar-refractivity contribution < 1.29 is 18.0 Å². The molecule has 6 heteroatoms. The highest BCUT2D eigenvalue weighted by Gasteiger charge is 2.33. The van der Waals surface area contributed by atoms with Crippen molar-refractivity contribution >= 4 is 17.3 Å². The predicted octanol–water partition coefficient (Wildman–Crippen LogP) is 5.52. The Morgan fingerprint density at radius 3 is 2.38 bits per heavy atom. The number of benzene rings is 3. The molecule has 1 N–H and O–H groups in total. The van der Waals surface area contributed by atoms with Gasteiger partial charge in [0.2, 0.25) is 0 Å². The van der Waals surface area contributed by atoms with E-state index in [1.54, 1.807) is 12.1 Å². The van der Waals surface area contributed by atoms with Crippen LogP contribution in [0.4, 0.5) is 24.5 Å². The zero-order valence-electron chi connectivity index (χ0n) is 15.5. The van der Waals surface area contributed by atoms with Crippen molar-refractivity contribution in [3.05, 3.63) is 95.1 Å². The van der Waals surface area contributed by atoms with Gasteiger partial charge in [0.25, 0.3) is 5.91 Å². The number of nitrogens with one attached hydrogen (secondary N) is 1. The molecule has 148 valence electrons. The van der Waals surface area contributed by atoms with Crippen LogP contribution >= 0.6 is 0 Å². The molecule has 3 aromatic rings. The molecule has 3 nitrogen and oxygen atoms in total. The number of alkyl halides is 3. The summed E-state index contributed by atoms with van der Waals surface area (Å²) in [7, 11) is 0. The lowest BCUT2D eigenvalue weighted by molar-refractivity contribution is -0.136. The maximum Gasteiger partial charge on any atom is 0.418 e. The lowest BCUT2D eigenvalue weighted by Crippen LogP contribution is -2.20. The molecule has 0 unspecified atom stereocenters. The minimum absolute atomic E-state index is 0.247. The second kappa shape index (κ2) is 7.62. The molecule has 0 spiro atoms. The second-order valence-corrected chi connectivity index (χ2v) is 6.99. The number of rotatable bonds is 4. The number of halogens is 3. The number of carbonyl (C=O) groups excluding carboxylic acids is 1. The topological polar surface area (TPSA) is 32.3 Å². The van der Waals surface area contributed by atoms with Crippen LogP contribution in [0, 0.1) is 0 Å². The molecule has 0 aromatic heterocycles. The first-order valence-electron chi connectivity index (χ1n) is 9.31. The molecule has 1 amide bonds. The molecule has 0 saturated heterocycles. The van der Waals surface area contributed by atoms with Gasteiger partial charge in [-0.25, -0.2) is 0 Å². The number of fused-ring (bicyclic) bond motifs is 1. The molecule has 4 rings (SSSR count). The first-order valence-corrected chi connectivity index (χ1v) is 9.31. The molecule has 29 heavy (non-hydrogen) atoms. The van der Waals surface area contributed by atoms with E-state index in [-0.39, 0.29) is 5.69 Å². The molecule has 0 radical (unpaired) electrons. The third-order valence-electron chi connectivity index (χ3n) is 5.05. The van der Waals surface area contributed by atoms with E-state index in [0.717, 1.165) is 31.1 Å². The summed E-state index contributed by atoms with van der Waals surface area (Å²) < 4.78 is 39.3. The summed E-state index contributed by atoms with van der Waals surface area (Å²) >= 11 is 0. The molecular formula is C23H19F3N2O. The fraction of sp³-hybridized carbons (Fsp3) is 0.174. The number of nitrogens with zero attached hydrogens (tertiary/aromatic N) is 1. The fourth-order valence-corrected chi connectivity index (χ4v) is 3.59. The molecule has 0 bridgehead atoms. The summed E-state index contributed by atoms with van der Waals surface area (Å²) in [6.45, 7) is 1.66. The molecule has 0 atom stereocenters. The van der Waals surface area contributed by atoms with Crippen LogP contribution in [0.1, 0.15) is 27.0 Å². The van der Waals surface area contributed by atoms with Gasteiger partial charge >= 0.3 is 6.18 Å². The Hall–Kier alpha value is -3.28. The van der Waals surface area contributed by atoms with Crippen molar-refractivity contribution in [2.75, 3.05) is 16.8 Å². The smallest absolute Gasteiger partial charge is 0.367 e. The first kappa shape index (κ1) is 19.1. The summed E-state index contributed by atoms with van der Waals surface area (Å²) in [5.41, 5.74) is 2.78. The summed E-state index contributed by atoms with van der Waals surface area (Å²) in [6, 6.07) is 20.2. The van der Waals surface area contributed by atoms with Gasteiger partial charge in [0, 0.05) is 24.3 Å². The van der Waals surface area contributed by atoms with Crippen LogP contribution in [0.25, 0.3) is 0 Å². The van der Waals surface area contributed by atoms with Crippen LogP contribution in [0.2, 0.25) is 0 Å². The van der Waals surface area contributed by atoms with Crippen molar-refractivity contribution in [3.63, 3.8) is 0 Å². The summed E-state index contributed by atoms with van der Waals surface area (Å²) in [6.07, 6.45) is -3.52. The van der Waals surface area contributed by atoms with Crippen molar-refractivity contribution in [1.29, 1.82) is 0 Å². The van der Waals surface area contributed by atoms with Gasteiger partial charge in [0.1, 0.15) is 0 Å². The minimum atomic E-state index is -4.53. The lowest BCUT2D eigenvalue weighted by Gasteiger charge is -2.19. The van der Waals surface area contributed by atoms with E-state index in [0.29, 0.717) is 5.56 Å². The molecule has 1 heterocycles. The van der Waals surface area contributed by atoms with Crippen LogP contribution in [0.3, 0.4) is 0 Å². The van der Waals surface area contributed by atoms with E-state index in [2.05, 4.69) is 22.3 Å². The average molecular weight is 396 g/mol. The van der Waals surface area contributed by atoms with E-state index in [1.165, 1.54) is 29.4 Å². The molecule has 0 saturated carbocycles. The Labute approximate surface area is 166 Å². The highest BCUT2D eigenvalue weighted by atomic mass is 19.4. The van der Waals surface area contributed by atoms with Crippen LogP contribution in [-0.2, 0) is 19.1 Å². The zero-order valence-corrected chi connectivity index (χ0v) is 15.5. The molecule has 1 aliphatic heterocycles. The number of para-hydroxylation sites is 2. The summed E-state index contributed by atoms with van der Waals surface area (Å²) in [4.78, 5) is 14.7. The van der Waals surface area contributed by atoms with Gasteiger partial charge in [-0.05, 0) is 47.9 Å². The van der Waals surface area contributed by atoms with Crippen molar-refractivity contribution in [3.8, 4) is 0 Å². The largest absolute Gasteiger partial charge is 0.418 e. The summed E-state index contributed by atoms with van der Waals surface area (Å²) in [5, 5.41) is 2.37. The average Bonchev–Trinajstić information content (AvgIpc) is 3.11. The predicted molar refractivity (Wildman–Crippen MR) is 107 cm³/mol. The first-order chi connectivity index (χ1) is 13.9. The Morgan fingerprint density at radius 1 is 0.931 bits per heavy atom. The Kier molecular flexibility index (Phi) is 5.01. The normalized spacial score (nSPS) is 13.3. The maximum absolute atomic E-state index is 13.1. The highest BCUT2D eigenvalue weighted by Crippen LogP contribution is 2.34. The Morgan fingerprint density at radius 2 is 1.62 bits per heavy atom. The molecule has 0 fully saturated rings. The maximum atomic E-state index is 13.1. The lowest BCUT2D eigenvalue weighted by atomic mass is 10.1. The van der Waals surface area contributed by atoms with Gasteiger partial charge in [-0.2, -0.15) is 13.2 Å². The van der Waals surface area contributed by atoms with Gasteiger partial charge in [-0.15, -0.1) is 0 Å². The number of amides is 1. The van der Waals surface area contributed by atoms with E-state index < -0.39 is 17.6 Å². The fourth-order valence-electron chi connectivity index (χ4n) is 3.59. The van der Waals surface area contributed by atoms with Crippen LogP contribution < -0.4 is 10.2 Å². The van der Waals surface area contributed by atoms with E-state index >= 15 is 0 Å². The molecule has 1 aliphatic rings. The Balaban J connectivity index is 1.46. The van der Waals surface area contributed by atoms with Gasteiger partial charge in [0.15, 0.2) is 0 Å². The van der Waals surface area contributed by atoms with E-state index in [9.17, 15) is 18.0 Å². The van der Waals surface area contributed by atoms with Crippen LogP contribution in [-0.4, -0.2) is 12.5 Å². The highest BCUT2D eigenvalue weighted by molar-refractivity contribution is 6.04. The molecular weight excluding hydrogens is 377 g/mol. The van der Waals surface area contributed by atoms with Gasteiger partial charge < -0.3 is 10.2 Å². The molecule has 0 aliphatic carbocycles. The standard InChI is InChI=1S/C23H19F3N2O/c24-23(25,26)19-6-2-3-7-20(19)27-22(29)18-11-9-16(10-12-18)15-28-14-13-17-5-1-4-8-21(17)28/h1-12H,13-15H2,(H,27,29). The second-order valence-electron chi connectivity index (χ2n) is 6.99. The number of carbonyl (C=O) groups is 1. The number of hydrogen-bond acceptors (Lipinski definition) is 2.